The highest BCUT2D eigenvalue weighted by molar-refractivity contribution is 7.98. The minimum absolute atomic E-state index is 0.213. The van der Waals surface area contributed by atoms with Crippen LogP contribution < -0.4 is 16.0 Å². The third-order valence-electron chi connectivity index (χ3n) is 4.15. The van der Waals surface area contributed by atoms with Gasteiger partial charge < -0.3 is 16.0 Å². The van der Waals surface area contributed by atoms with Crippen molar-refractivity contribution in [2.24, 2.45) is 0 Å². The monoisotopic (exact) mass is 467 g/mol. The first kappa shape index (κ1) is 24.1. The summed E-state index contributed by atoms with van der Waals surface area (Å²) in [5.41, 5.74) is 0.798. The molecule has 0 radical (unpaired) electrons. The summed E-state index contributed by atoms with van der Waals surface area (Å²) in [7, 11) is 0. The number of hydrogen-bond donors (Lipinski definition) is 3. The lowest BCUT2D eigenvalue weighted by Gasteiger charge is -2.19. The summed E-state index contributed by atoms with van der Waals surface area (Å²) in [5.74, 6) is -0.293. The Labute approximate surface area is 190 Å². The Bertz CT molecular complexity index is 881. The molecule has 0 aromatic heterocycles. The lowest BCUT2D eigenvalue weighted by Crippen LogP contribution is -2.48. The zero-order valence-electron chi connectivity index (χ0n) is 16.4. The molecule has 0 saturated heterocycles. The molecule has 0 bridgehead atoms. The average Bonchev–Trinajstić information content (AvgIpc) is 2.74. The molecule has 0 aliphatic heterocycles. The molecule has 1 unspecified atom stereocenters. The van der Waals surface area contributed by atoms with Crippen LogP contribution in [0, 0.1) is 0 Å². The van der Waals surface area contributed by atoms with Crippen LogP contribution in [0.25, 0.3) is 0 Å². The fraction of sp³-hybridized carbons (Fsp3) is 0.286. The zero-order chi connectivity index (χ0) is 21.9. The second kappa shape index (κ2) is 12.5. The summed E-state index contributed by atoms with van der Waals surface area (Å²) in [6.45, 7) is 0.510. The molecule has 0 fully saturated rings. The van der Waals surface area contributed by atoms with Crippen LogP contribution in [-0.2, 0) is 4.79 Å². The predicted molar refractivity (Wildman–Crippen MR) is 123 cm³/mol. The van der Waals surface area contributed by atoms with E-state index in [2.05, 4.69) is 16.0 Å². The molecule has 0 aliphatic carbocycles. The SMILES string of the molecule is CSCCC(NC(=O)c1ccc(Cl)cc1Cl)C(=O)NCCNC(=O)c1ccccc1. The Hall–Kier alpha value is -2.22. The maximum Gasteiger partial charge on any atom is 0.253 e. The normalized spacial score (nSPS) is 11.4. The first-order valence-electron chi connectivity index (χ1n) is 9.28. The number of carbonyl (C=O) groups is 3. The van der Waals surface area contributed by atoms with Gasteiger partial charge in [0.1, 0.15) is 6.04 Å². The van der Waals surface area contributed by atoms with E-state index in [1.165, 1.54) is 12.1 Å². The molecule has 2 aromatic rings. The molecular weight excluding hydrogens is 445 g/mol. The molecule has 0 saturated carbocycles. The van der Waals surface area contributed by atoms with Gasteiger partial charge in [0, 0.05) is 23.7 Å². The molecule has 0 aliphatic rings. The number of benzene rings is 2. The highest BCUT2D eigenvalue weighted by atomic mass is 35.5. The van der Waals surface area contributed by atoms with Gasteiger partial charge in [-0.05, 0) is 48.8 Å². The minimum Gasteiger partial charge on any atom is -0.353 e. The van der Waals surface area contributed by atoms with Crippen LogP contribution in [0.4, 0.5) is 0 Å². The molecule has 1 atom stereocenters. The van der Waals surface area contributed by atoms with E-state index in [1.807, 2.05) is 12.3 Å². The maximum absolute atomic E-state index is 12.6. The van der Waals surface area contributed by atoms with E-state index in [9.17, 15) is 14.4 Å². The van der Waals surface area contributed by atoms with Crippen LogP contribution >= 0.6 is 35.0 Å². The van der Waals surface area contributed by atoms with Crippen LogP contribution in [0.5, 0.6) is 0 Å². The third kappa shape index (κ3) is 7.55. The van der Waals surface area contributed by atoms with E-state index in [1.54, 1.807) is 42.1 Å². The van der Waals surface area contributed by atoms with Gasteiger partial charge in [0.05, 0.1) is 10.6 Å². The highest BCUT2D eigenvalue weighted by Crippen LogP contribution is 2.21. The predicted octanol–water partition coefficient (Wildman–Crippen LogP) is 3.39. The van der Waals surface area contributed by atoms with E-state index in [-0.39, 0.29) is 35.5 Å². The summed E-state index contributed by atoms with van der Waals surface area (Å²) >= 11 is 13.5. The lowest BCUT2D eigenvalue weighted by molar-refractivity contribution is -0.122. The van der Waals surface area contributed by atoms with Gasteiger partial charge in [-0.25, -0.2) is 0 Å². The van der Waals surface area contributed by atoms with E-state index < -0.39 is 11.9 Å². The van der Waals surface area contributed by atoms with Crippen LogP contribution in [-0.4, -0.2) is 48.9 Å². The molecule has 30 heavy (non-hydrogen) atoms. The van der Waals surface area contributed by atoms with Gasteiger partial charge in [-0.1, -0.05) is 41.4 Å². The molecule has 9 heteroatoms. The molecule has 160 valence electrons. The van der Waals surface area contributed by atoms with Crippen molar-refractivity contribution >= 4 is 52.7 Å². The van der Waals surface area contributed by atoms with Crippen LogP contribution in [0.1, 0.15) is 27.1 Å². The van der Waals surface area contributed by atoms with Crippen molar-refractivity contribution in [2.75, 3.05) is 25.1 Å². The molecule has 0 spiro atoms. The Morgan fingerprint density at radius 2 is 1.67 bits per heavy atom. The van der Waals surface area contributed by atoms with E-state index in [0.29, 0.717) is 22.8 Å². The Morgan fingerprint density at radius 3 is 2.33 bits per heavy atom. The molecule has 2 rings (SSSR count). The van der Waals surface area contributed by atoms with Gasteiger partial charge in [0.15, 0.2) is 0 Å². The number of carbonyl (C=O) groups excluding carboxylic acids is 3. The summed E-state index contributed by atoms with van der Waals surface area (Å²) in [6, 6.07) is 12.7. The second-order valence-corrected chi connectivity index (χ2v) is 8.17. The van der Waals surface area contributed by atoms with Gasteiger partial charge in [0.2, 0.25) is 5.91 Å². The zero-order valence-corrected chi connectivity index (χ0v) is 18.7. The standard InChI is InChI=1S/C21H23Cl2N3O3S/c1-30-12-9-18(26-20(28)16-8-7-15(22)13-17(16)23)21(29)25-11-10-24-19(27)14-5-3-2-4-6-14/h2-8,13,18H,9-12H2,1H3,(H,24,27)(H,25,29)(H,26,28). The quantitative estimate of drug-likeness (QED) is 0.467. The number of amides is 3. The first-order valence-corrected chi connectivity index (χ1v) is 11.4. The summed E-state index contributed by atoms with van der Waals surface area (Å²) in [5, 5.41) is 8.85. The van der Waals surface area contributed by atoms with Crippen molar-refractivity contribution in [2.45, 2.75) is 12.5 Å². The molecule has 6 nitrogen and oxygen atoms in total. The van der Waals surface area contributed by atoms with Crippen LogP contribution in [0.2, 0.25) is 10.0 Å². The number of thioether (sulfide) groups is 1. The number of rotatable bonds is 10. The van der Waals surface area contributed by atoms with E-state index >= 15 is 0 Å². The first-order chi connectivity index (χ1) is 14.4. The van der Waals surface area contributed by atoms with Crippen molar-refractivity contribution in [3.8, 4) is 0 Å². The van der Waals surface area contributed by atoms with Crippen LogP contribution in [0.15, 0.2) is 48.5 Å². The smallest absolute Gasteiger partial charge is 0.253 e. The lowest BCUT2D eigenvalue weighted by atomic mass is 10.1. The number of hydrogen-bond acceptors (Lipinski definition) is 4. The molecule has 3 N–H and O–H groups in total. The maximum atomic E-state index is 12.6. The van der Waals surface area contributed by atoms with Crippen LogP contribution in [0.3, 0.4) is 0 Å². The van der Waals surface area contributed by atoms with Gasteiger partial charge in [-0.2, -0.15) is 11.8 Å². The fourth-order valence-electron chi connectivity index (χ4n) is 2.59. The number of halogens is 2. The Balaban J connectivity index is 1.88. The van der Waals surface area contributed by atoms with Gasteiger partial charge in [-0.3, -0.25) is 14.4 Å². The van der Waals surface area contributed by atoms with Gasteiger partial charge in [-0.15, -0.1) is 0 Å². The van der Waals surface area contributed by atoms with Crippen molar-refractivity contribution in [1.82, 2.24) is 16.0 Å². The van der Waals surface area contributed by atoms with E-state index in [4.69, 9.17) is 23.2 Å². The van der Waals surface area contributed by atoms with Crippen molar-refractivity contribution in [1.29, 1.82) is 0 Å². The van der Waals surface area contributed by atoms with Gasteiger partial charge in [0.25, 0.3) is 11.8 Å². The Kier molecular flexibility index (Phi) is 10.00. The topological polar surface area (TPSA) is 87.3 Å². The average molecular weight is 468 g/mol. The molecule has 2 aromatic carbocycles. The summed E-state index contributed by atoms with van der Waals surface area (Å²) in [6.07, 6.45) is 2.38. The fourth-order valence-corrected chi connectivity index (χ4v) is 3.56. The van der Waals surface area contributed by atoms with Gasteiger partial charge >= 0.3 is 0 Å². The molecular formula is C21H23Cl2N3O3S. The van der Waals surface area contributed by atoms with E-state index in [0.717, 1.165) is 0 Å². The Morgan fingerprint density at radius 1 is 0.967 bits per heavy atom. The number of nitrogens with one attached hydrogen (secondary N) is 3. The summed E-state index contributed by atoms with van der Waals surface area (Å²) in [4.78, 5) is 37.1. The molecule has 3 amide bonds. The highest BCUT2D eigenvalue weighted by Gasteiger charge is 2.22. The van der Waals surface area contributed by atoms with Crippen molar-refractivity contribution < 1.29 is 14.4 Å². The molecule has 0 heterocycles. The van der Waals surface area contributed by atoms with Crippen molar-refractivity contribution in [3.63, 3.8) is 0 Å². The van der Waals surface area contributed by atoms with Crippen molar-refractivity contribution in [3.05, 3.63) is 69.7 Å². The summed E-state index contributed by atoms with van der Waals surface area (Å²) < 4.78 is 0. The minimum atomic E-state index is -0.721. The largest absolute Gasteiger partial charge is 0.353 e. The third-order valence-corrected chi connectivity index (χ3v) is 5.35. The second-order valence-electron chi connectivity index (χ2n) is 6.34.